The Labute approximate surface area is 124 Å². The summed E-state index contributed by atoms with van der Waals surface area (Å²) in [7, 11) is 0. The monoisotopic (exact) mass is 290 g/mol. The van der Waals surface area contributed by atoms with Gasteiger partial charge in [-0.2, -0.15) is 0 Å². The molecular formula is C16H22N2OS. The molecule has 0 radical (unpaired) electrons. The van der Waals surface area contributed by atoms with Gasteiger partial charge in [0.2, 0.25) is 0 Å². The Kier molecular flexibility index (Phi) is 4.55. The predicted molar refractivity (Wildman–Crippen MR) is 83.0 cm³/mol. The minimum Gasteiger partial charge on any atom is -0.468 e. The second-order valence-corrected chi connectivity index (χ2v) is 6.43. The highest BCUT2D eigenvalue weighted by atomic mass is 32.1. The highest BCUT2D eigenvalue weighted by molar-refractivity contribution is 7.10. The standard InChI is InChI=1S/C16H22N2OS/c1-13-6-10-20-16(13)12-17-11-14(15-5-4-9-19-15)18-7-2-3-8-18/h4-6,9-10,14,17H,2-3,7-8,11-12H2,1H3/t14-/m0/s1. The number of aryl methyl sites for hydroxylation is 1. The molecule has 0 bridgehead atoms. The van der Waals surface area contributed by atoms with Gasteiger partial charge >= 0.3 is 0 Å². The lowest BCUT2D eigenvalue weighted by molar-refractivity contribution is 0.209. The van der Waals surface area contributed by atoms with Gasteiger partial charge in [0.05, 0.1) is 12.3 Å². The largest absolute Gasteiger partial charge is 0.468 e. The van der Waals surface area contributed by atoms with E-state index in [1.165, 1.54) is 36.4 Å². The van der Waals surface area contributed by atoms with Gasteiger partial charge in [-0.3, -0.25) is 4.90 Å². The summed E-state index contributed by atoms with van der Waals surface area (Å²) in [5, 5.41) is 5.77. The van der Waals surface area contributed by atoms with Crippen molar-refractivity contribution >= 4 is 11.3 Å². The molecule has 1 saturated heterocycles. The van der Waals surface area contributed by atoms with Crippen molar-refractivity contribution in [3.8, 4) is 0 Å². The number of rotatable bonds is 6. The van der Waals surface area contributed by atoms with Crippen LogP contribution in [0.3, 0.4) is 0 Å². The zero-order chi connectivity index (χ0) is 13.8. The van der Waals surface area contributed by atoms with Crippen LogP contribution in [0.5, 0.6) is 0 Å². The molecule has 0 saturated carbocycles. The summed E-state index contributed by atoms with van der Waals surface area (Å²) in [5.41, 5.74) is 1.39. The minimum atomic E-state index is 0.368. The molecule has 0 unspecified atom stereocenters. The van der Waals surface area contributed by atoms with E-state index in [4.69, 9.17) is 4.42 Å². The van der Waals surface area contributed by atoms with Crippen molar-refractivity contribution in [2.24, 2.45) is 0 Å². The van der Waals surface area contributed by atoms with Crippen molar-refractivity contribution < 1.29 is 4.42 Å². The maximum atomic E-state index is 5.64. The highest BCUT2D eigenvalue weighted by Crippen LogP contribution is 2.25. The highest BCUT2D eigenvalue weighted by Gasteiger charge is 2.25. The van der Waals surface area contributed by atoms with Gasteiger partial charge in [0.15, 0.2) is 0 Å². The summed E-state index contributed by atoms with van der Waals surface area (Å²) >= 11 is 1.83. The summed E-state index contributed by atoms with van der Waals surface area (Å²) in [6.07, 6.45) is 4.39. The van der Waals surface area contributed by atoms with Gasteiger partial charge < -0.3 is 9.73 Å². The van der Waals surface area contributed by atoms with Crippen LogP contribution in [0.25, 0.3) is 0 Å². The number of furan rings is 1. The molecule has 2 aromatic rings. The molecule has 3 nitrogen and oxygen atoms in total. The maximum absolute atomic E-state index is 5.64. The van der Waals surface area contributed by atoms with Crippen molar-refractivity contribution in [1.82, 2.24) is 10.2 Å². The van der Waals surface area contributed by atoms with Crippen LogP contribution in [0.1, 0.15) is 35.1 Å². The van der Waals surface area contributed by atoms with Crippen LogP contribution in [0.4, 0.5) is 0 Å². The molecule has 0 spiro atoms. The van der Waals surface area contributed by atoms with E-state index in [1.54, 1.807) is 6.26 Å². The van der Waals surface area contributed by atoms with E-state index >= 15 is 0 Å². The van der Waals surface area contributed by atoms with Gasteiger partial charge in [-0.25, -0.2) is 0 Å². The average molecular weight is 290 g/mol. The van der Waals surface area contributed by atoms with E-state index in [9.17, 15) is 0 Å². The van der Waals surface area contributed by atoms with E-state index in [1.807, 2.05) is 17.4 Å². The first kappa shape index (κ1) is 13.9. The lowest BCUT2D eigenvalue weighted by Crippen LogP contribution is -2.33. The summed E-state index contributed by atoms with van der Waals surface area (Å²) in [4.78, 5) is 3.97. The van der Waals surface area contributed by atoms with Crippen molar-refractivity contribution in [3.63, 3.8) is 0 Å². The Balaban J connectivity index is 1.60. The first-order valence-corrected chi connectivity index (χ1v) is 8.23. The average Bonchev–Trinajstić information content (AvgIpc) is 3.18. The van der Waals surface area contributed by atoms with Crippen LogP contribution in [-0.4, -0.2) is 24.5 Å². The van der Waals surface area contributed by atoms with E-state index < -0.39 is 0 Å². The number of hydrogen-bond donors (Lipinski definition) is 1. The van der Waals surface area contributed by atoms with Crippen LogP contribution in [0.15, 0.2) is 34.3 Å². The van der Waals surface area contributed by atoms with Crippen LogP contribution in [-0.2, 0) is 6.54 Å². The molecule has 1 atom stereocenters. The van der Waals surface area contributed by atoms with Gasteiger partial charge in [-0.05, 0) is 62.0 Å². The smallest absolute Gasteiger partial charge is 0.122 e. The SMILES string of the molecule is Cc1ccsc1CNC[C@@H](c1ccco1)N1CCCC1. The lowest BCUT2D eigenvalue weighted by Gasteiger charge is -2.26. The molecule has 1 fully saturated rings. The summed E-state index contributed by atoms with van der Waals surface area (Å²) in [6, 6.07) is 6.64. The minimum absolute atomic E-state index is 0.368. The molecular weight excluding hydrogens is 268 g/mol. The van der Waals surface area contributed by atoms with Gasteiger partial charge in [-0.1, -0.05) is 0 Å². The molecule has 20 heavy (non-hydrogen) atoms. The van der Waals surface area contributed by atoms with Crippen molar-refractivity contribution in [3.05, 3.63) is 46.0 Å². The van der Waals surface area contributed by atoms with Crippen molar-refractivity contribution in [2.75, 3.05) is 19.6 Å². The number of likely N-dealkylation sites (tertiary alicyclic amines) is 1. The summed E-state index contributed by atoms with van der Waals surface area (Å²) in [5.74, 6) is 1.09. The predicted octanol–water partition coefficient (Wildman–Crippen LogP) is 3.58. The van der Waals surface area contributed by atoms with Gasteiger partial charge in [0.1, 0.15) is 5.76 Å². The van der Waals surface area contributed by atoms with Crippen LogP contribution < -0.4 is 5.32 Å². The van der Waals surface area contributed by atoms with E-state index in [2.05, 4.69) is 34.7 Å². The molecule has 3 rings (SSSR count). The first-order valence-electron chi connectivity index (χ1n) is 7.36. The number of hydrogen-bond acceptors (Lipinski definition) is 4. The topological polar surface area (TPSA) is 28.4 Å². The quantitative estimate of drug-likeness (QED) is 0.881. The number of thiophene rings is 1. The van der Waals surface area contributed by atoms with E-state index in [0.717, 1.165) is 18.8 Å². The molecule has 108 valence electrons. The summed E-state index contributed by atoms with van der Waals surface area (Å²) < 4.78 is 5.64. The first-order chi connectivity index (χ1) is 9.84. The van der Waals surface area contributed by atoms with Gasteiger partial charge in [0, 0.05) is 18.0 Å². The molecule has 0 aromatic carbocycles. The Bertz CT molecular complexity index is 514. The molecule has 0 amide bonds. The molecule has 3 heterocycles. The zero-order valence-corrected chi connectivity index (χ0v) is 12.8. The van der Waals surface area contributed by atoms with E-state index in [0.29, 0.717) is 6.04 Å². The molecule has 4 heteroatoms. The van der Waals surface area contributed by atoms with E-state index in [-0.39, 0.29) is 0 Å². The normalized spacial score (nSPS) is 17.6. The van der Waals surface area contributed by atoms with Gasteiger partial charge in [0.25, 0.3) is 0 Å². The second-order valence-electron chi connectivity index (χ2n) is 5.43. The zero-order valence-electron chi connectivity index (χ0n) is 12.0. The third-order valence-electron chi connectivity index (χ3n) is 4.04. The second kappa shape index (κ2) is 6.57. The molecule has 0 aliphatic carbocycles. The van der Waals surface area contributed by atoms with Crippen molar-refractivity contribution in [2.45, 2.75) is 32.4 Å². The summed E-state index contributed by atoms with van der Waals surface area (Å²) in [6.45, 7) is 6.45. The maximum Gasteiger partial charge on any atom is 0.122 e. The molecule has 1 aliphatic heterocycles. The van der Waals surface area contributed by atoms with Crippen molar-refractivity contribution in [1.29, 1.82) is 0 Å². The molecule has 1 aliphatic rings. The van der Waals surface area contributed by atoms with Crippen LogP contribution in [0.2, 0.25) is 0 Å². The van der Waals surface area contributed by atoms with Crippen LogP contribution in [0, 0.1) is 6.92 Å². The Morgan fingerprint density at radius 2 is 2.20 bits per heavy atom. The Morgan fingerprint density at radius 1 is 1.35 bits per heavy atom. The Morgan fingerprint density at radius 3 is 2.85 bits per heavy atom. The Hall–Kier alpha value is -1.10. The fourth-order valence-electron chi connectivity index (χ4n) is 2.85. The molecule has 1 N–H and O–H groups in total. The third-order valence-corrected chi connectivity index (χ3v) is 5.07. The third kappa shape index (κ3) is 3.14. The number of nitrogens with zero attached hydrogens (tertiary/aromatic N) is 1. The molecule has 2 aromatic heterocycles. The van der Waals surface area contributed by atoms with Gasteiger partial charge in [-0.15, -0.1) is 11.3 Å². The van der Waals surface area contributed by atoms with Crippen LogP contribution >= 0.6 is 11.3 Å². The fourth-order valence-corrected chi connectivity index (χ4v) is 3.73. The lowest BCUT2D eigenvalue weighted by atomic mass is 10.2. The number of nitrogens with one attached hydrogen (secondary N) is 1. The fraction of sp³-hybridized carbons (Fsp3) is 0.500.